The summed E-state index contributed by atoms with van der Waals surface area (Å²) in [6, 6.07) is 2.46. The topological polar surface area (TPSA) is 29.5 Å². The Morgan fingerprint density at radius 2 is 1.94 bits per heavy atom. The molecule has 1 fully saturated rings. The maximum Gasteiger partial charge on any atom is 0.140 e. The van der Waals surface area contributed by atoms with Crippen LogP contribution in [0, 0.1) is 11.6 Å². The Kier molecular flexibility index (Phi) is 3.56. The van der Waals surface area contributed by atoms with Gasteiger partial charge in [-0.05, 0) is 40.0 Å². The Hall–Kier alpha value is -0.520. The van der Waals surface area contributed by atoms with Gasteiger partial charge in [-0.3, -0.25) is 0 Å². The molecule has 0 amide bonds. The van der Waals surface area contributed by atoms with Crippen molar-refractivity contribution in [3.8, 4) is 0 Å². The molecule has 1 aliphatic heterocycles. The van der Waals surface area contributed by atoms with E-state index in [4.69, 9.17) is 4.74 Å². The third-order valence-corrected chi connectivity index (χ3v) is 3.39. The second kappa shape index (κ2) is 4.77. The van der Waals surface area contributed by atoms with Crippen LogP contribution in [0.2, 0.25) is 0 Å². The van der Waals surface area contributed by atoms with E-state index in [1.54, 1.807) is 0 Å². The van der Waals surface area contributed by atoms with E-state index < -0.39 is 23.8 Å². The van der Waals surface area contributed by atoms with E-state index >= 15 is 0 Å². The van der Waals surface area contributed by atoms with E-state index in [1.807, 2.05) is 0 Å². The normalized spacial score (nSPS) is 25.8. The first kappa shape index (κ1) is 12.0. The van der Waals surface area contributed by atoms with Crippen LogP contribution in [0.5, 0.6) is 0 Å². The van der Waals surface area contributed by atoms with Gasteiger partial charge >= 0.3 is 0 Å². The minimum Gasteiger partial charge on any atom is -0.393 e. The van der Waals surface area contributed by atoms with Crippen LogP contribution in [-0.4, -0.2) is 17.8 Å². The number of ether oxygens (including phenoxy) is 1. The van der Waals surface area contributed by atoms with Gasteiger partial charge in [-0.2, -0.15) is 0 Å². The molecule has 88 valence electrons. The molecule has 2 atom stereocenters. The molecule has 1 aliphatic rings. The van der Waals surface area contributed by atoms with Crippen molar-refractivity contribution < 1.29 is 18.6 Å². The lowest BCUT2D eigenvalue weighted by Gasteiger charge is -2.26. The Morgan fingerprint density at radius 3 is 2.50 bits per heavy atom. The van der Waals surface area contributed by atoms with Crippen LogP contribution in [0.25, 0.3) is 0 Å². The zero-order chi connectivity index (χ0) is 11.7. The lowest BCUT2D eigenvalue weighted by Crippen LogP contribution is -2.23. The quantitative estimate of drug-likeness (QED) is 0.807. The van der Waals surface area contributed by atoms with E-state index in [-0.39, 0.29) is 4.47 Å². The highest BCUT2D eigenvalue weighted by Gasteiger charge is 2.24. The van der Waals surface area contributed by atoms with Crippen molar-refractivity contribution in [2.75, 3.05) is 6.61 Å². The van der Waals surface area contributed by atoms with E-state index in [9.17, 15) is 13.9 Å². The van der Waals surface area contributed by atoms with Crippen molar-refractivity contribution in [1.82, 2.24) is 0 Å². The number of hydrogen-bond donors (Lipinski definition) is 1. The summed E-state index contributed by atoms with van der Waals surface area (Å²) in [6.07, 6.45) is 0.0489. The number of hydrogen-bond acceptors (Lipinski definition) is 2. The second-order valence-electron chi connectivity index (χ2n) is 3.84. The summed E-state index contributed by atoms with van der Waals surface area (Å²) in [4.78, 5) is 0. The summed E-state index contributed by atoms with van der Waals surface area (Å²) in [6.45, 7) is 0.408. The molecule has 1 N–H and O–H groups in total. The number of halogens is 3. The number of benzene rings is 1. The Morgan fingerprint density at radius 1 is 1.31 bits per heavy atom. The van der Waals surface area contributed by atoms with Gasteiger partial charge in [0.05, 0.1) is 16.7 Å². The third kappa shape index (κ3) is 2.42. The van der Waals surface area contributed by atoms with Crippen molar-refractivity contribution in [1.29, 1.82) is 0 Å². The zero-order valence-electron chi connectivity index (χ0n) is 8.42. The van der Waals surface area contributed by atoms with Crippen molar-refractivity contribution >= 4 is 15.9 Å². The minimum atomic E-state index is -0.654. The zero-order valence-corrected chi connectivity index (χ0v) is 10.0. The lowest BCUT2D eigenvalue weighted by molar-refractivity contribution is -0.0450. The van der Waals surface area contributed by atoms with Gasteiger partial charge in [-0.1, -0.05) is 0 Å². The van der Waals surface area contributed by atoms with Crippen LogP contribution < -0.4 is 0 Å². The first-order chi connectivity index (χ1) is 7.58. The standard InChI is InChI=1S/C11H11BrF2O2/c12-11-8(13)3-6(4-9(11)14)10-5-7(15)1-2-16-10/h3-4,7,10,15H,1-2,5H2. The molecular formula is C11H11BrF2O2. The molecule has 0 spiro atoms. The smallest absolute Gasteiger partial charge is 0.140 e. The molecule has 0 bridgehead atoms. The van der Waals surface area contributed by atoms with E-state index in [2.05, 4.69) is 15.9 Å². The molecule has 1 heterocycles. The molecular weight excluding hydrogens is 282 g/mol. The fourth-order valence-corrected chi connectivity index (χ4v) is 2.00. The Balaban J connectivity index is 2.26. The van der Waals surface area contributed by atoms with Crippen molar-refractivity contribution in [2.24, 2.45) is 0 Å². The van der Waals surface area contributed by atoms with Crippen LogP contribution in [-0.2, 0) is 4.74 Å². The molecule has 1 saturated heterocycles. The number of aliphatic hydroxyl groups excluding tert-OH is 1. The molecule has 16 heavy (non-hydrogen) atoms. The van der Waals surface area contributed by atoms with Gasteiger partial charge in [0.1, 0.15) is 11.6 Å². The molecule has 2 nitrogen and oxygen atoms in total. The first-order valence-corrected chi connectivity index (χ1v) is 5.81. The summed E-state index contributed by atoms with van der Waals surface area (Å²) in [5, 5.41) is 9.46. The van der Waals surface area contributed by atoms with Gasteiger partial charge in [-0.25, -0.2) is 8.78 Å². The highest BCUT2D eigenvalue weighted by Crippen LogP contribution is 2.31. The predicted molar refractivity (Wildman–Crippen MR) is 58.0 cm³/mol. The summed E-state index contributed by atoms with van der Waals surface area (Å²) in [5.74, 6) is -1.31. The monoisotopic (exact) mass is 292 g/mol. The third-order valence-electron chi connectivity index (χ3n) is 2.63. The van der Waals surface area contributed by atoms with Crippen LogP contribution >= 0.6 is 15.9 Å². The summed E-state index contributed by atoms with van der Waals surface area (Å²) in [5.41, 5.74) is 0.428. The maximum atomic E-state index is 13.3. The SMILES string of the molecule is OC1CCOC(c2cc(F)c(Br)c(F)c2)C1. The van der Waals surface area contributed by atoms with E-state index in [1.165, 1.54) is 12.1 Å². The van der Waals surface area contributed by atoms with Gasteiger partial charge < -0.3 is 9.84 Å². The van der Waals surface area contributed by atoms with Crippen molar-refractivity contribution in [2.45, 2.75) is 25.0 Å². The first-order valence-electron chi connectivity index (χ1n) is 5.02. The average Bonchev–Trinajstić information content (AvgIpc) is 2.25. The van der Waals surface area contributed by atoms with Gasteiger partial charge in [-0.15, -0.1) is 0 Å². The molecule has 0 saturated carbocycles. The van der Waals surface area contributed by atoms with Gasteiger partial charge in [0.25, 0.3) is 0 Å². The van der Waals surface area contributed by atoms with Crippen LogP contribution in [0.1, 0.15) is 24.5 Å². The molecule has 2 rings (SSSR count). The van der Waals surface area contributed by atoms with Gasteiger partial charge in [0, 0.05) is 13.0 Å². The van der Waals surface area contributed by atoms with E-state index in [0.717, 1.165) is 0 Å². The average molecular weight is 293 g/mol. The fourth-order valence-electron chi connectivity index (χ4n) is 1.77. The van der Waals surface area contributed by atoms with Crippen LogP contribution in [0.15, 0.2) is 16.6 Å². The molecule has 1 aromatic rings. The van der Waals surface area contributed by atoms with Crippen molar-refractivity contribution in [3.05, 3.63) is 33.8 Å². The summed E-state index contributed by atoms with van der Waals surface area (Å²) >= 11 is 2.81. The number of aliphatic hydroxyl groups is 1. The van der Waals surface area contributed by atoms with Gasteiger partial charge in [0.15, 0.2) is 0 Å². The summed E-state index contributed by atoms with van der Waals surface area (Å²) < 4.78 is 31.8. The van der Waals surface area contributed by atoms with Gasteiger partial charge in [0.2, 0.25) is 0 Å². The predicted octanol–water partition coefficient (Wildman–Crippen LogP) is 2.94. The lowest BCUT2D eigenvalue weighted by atomic mass is 9.99. The highest BCUT2D eigenvalue weighted by molar-refractivity contribution is 9.10. The van der Waals surface area contributed by atoms with Crippen molar-refractivity contribution in [3.63, 3.8) is 0 Å². The molecule has 2 unspecified atom stereocenters. The molecule has 1 aromatic carbocycles. The highest BCUT2D eigenvalue weighted by atomic mass is 79.9. The fraction of sp³-hybridized carbons (Fsp3) is 0.455. The maximum absolute atomic E-state index is 13.3. The summed E-state index contributed by atoms with van der Waals surface area (Å²) in [7, 11) is 0. The molecule has 0 radical (unpaired) electrons. The largest absolute Gasteiger partial charge is 0.393 e. The van der Waals surface area contributed by atoms with E-state index in [0.29, 0.717) is 25.0 Å². The second-order valence-corrected chi connectivity index (χ2v) is 4.63. The minimum absolute atomic E-state index is 0.174. The van der Waals surface area contributed by atoms with Crippen LogP contribution in [0.4, 0.5) is 8.78 Å². The number of rotatable bonds is 1. The molecule has 0 aromatic heterocycles. The molecule has 5 heteroatoms. The Labute approximate surface area is 100 Å². The Bertz CT molecular complexity index is 375. The van der Waals surface area contributed by atoms with Crippen LogP contribution in [0.3, 0.4) is 0 Å². The molecule has 0 aliphatic carbocycles.